The van der Waals surface area contributed by atoms with Crippen molar-refractivity contribution in [1.82, 2.24) is 29.9 Å². The zero-order valence-corrected chi connectivity index (χ0v) is 19.3. The van der Waals surface area contributed by atoms with Crippen LogP contribution in [0.5, 0.6) is 0 Å². The van der Waals surface area contributed by atoms with Gasteiger partial charge in [-0.15, -0.1) is 0 Å². The van der Waals surface area contributed by atoms with Crippen LogP contribution in [0.1, 0.15) is 34.9 Å². The molecule has 1 saturated carbocycles. The fraction of sp³-hybridized carbons (Fsp3) is 0.346. The molecule has 2 fully saturated rings. The maximum absolute atomic E-state index is 13.1. The minimum absolute atomic E-state index is 0.0216. The average Bonchev–Trinajstić information content (AvgIpc) is 3.60. The van der Waals surface area contributed by atoms with Crippen molar-refractivity contribution in [3.8, 4) is 11.1 Å². The Hall–Kier alpha value is -3.65. The van der Waals surface area contributed by atoms with Crippen LogP contribution in [0.3, 0.4) is 0 Å². The van der Waals surface area contributed by atoms with Crippen molar-refractivity contribution >= 4 is 22.5 Å². The molecular weight excluding hydrogens is 426 g/mol. The molecule has 1 aliphatic carbocycles. The quantitative estimate of drug-likeness (QED) is 0.414. The predicted octanol–water partition coefficient (Wildman–Crippen LogP) is 3.40. The van der Waals surface area contributed by atoms with Crippen molar-refractivity contribution in [3.63, 3.8) is 0 Å². The molecule has 6 rings (SSSR count). The number of pyridine rings is 1. The van der Waals surface area contributed by atoms with E-state index >= 15 is 0 Å². The number of anilines is 1. The summed E-state index contributed by atoms with van der Waals surface area (Å²) in [6.07, 6.45) is 8.37. The van der Waals surface area contributed by atoms with Gasteiger partial charge in [-0.1, -0.05) is 6.07 Å². The number of hydrogen-bond acceptors (Lipinski definition) is 7. The molecule has 0 N–H and O–H groups in total. The highest BCUT2D eigenvalue weighted by Crippen LogP contribution is 2.35. The molecule has 1 aromatic carbocycles. The van der Waals surface area contributed by atoms with E-state index < -0.39 is 0 Å². The lowest BCUT2D eigenvalue weighted by atomic mass is 10.0. The first-order valence-corrected chi connectivity index (χ1v) is 11.9. The zero-order valence-electron chi connectivity index (χ0n) is 19.3. The van der Waals surface area contributed by atoms with Gasteiger partial charge in [-0.2, -0.15) is 15.3 Å². The lowest BCUT2D eigenvalue weighted by Crippen LogP contribution is -2.44. The molecule has 3 aromatic heterocycles. The number of rotatable bonds is 6. The summed E-state index contributed by atoms with van der Waals surface area (Å²) in [6, 6.07) is 12.3. The summed E-state index contributed by atoms with van der Waals surface area (Å²) in [5.41, 5.74) is 4.33. The number of nitrogens with zero attached hydrogens (tertiary/aromatic N) is 7. The van der Waals surface area contributed by atoms with Gasteiger partial charge in [0.1, 0.15) is 5.82 Å². The second-order valence-corrected chi connectivity index (χ2v) is 9.34. The van der Waals surface area contributed by atoms with Gasteiger partial charge in [-0.05, 0) is 55.8 Å². The topological polar surface area (TPSA) is 80.0 Å². The van der Waals surface area contributed by atoms with Crippen LogP contribution in [0.2, 0.25) is 0 Å². The molecule has 8 heteroatoms. The Kier molecular flexibility index (Phi) is 5.30. The highest BCUT2D eigenvalue weighted by molar-refractivity contribution is 5.98. The average molecular weight is 454 g/mol. The van der Waals surface area contributed by atoms with Gasteiger partial charge in [-0.3, -0.25) is 9.48 Å². The number of ketones is 1. The maximum atomic E-state index is 13.1. The second kappa shape index (κ2) is 8.61. The van der Waals surface area contributed by atoms with E-state index in [2.05, 4.69) is 54.1 Å². The molecule has 4 aromatic rings. The van der Waals surface area contributed by atoms with Crippen LogP contribution in [-0.2, 0) is 6.42 Å². The Morgan fingerprint density at radius 2 is 1.85 bits per heavy atom. The van der Waals surface area contributed by atoms with E-state index in [0.717, 1.165) is 54.0 Å². The predicted molar refractivity (Wildman–Crippen MR) is 131 cm³/mol. The number of benzene rings is 1. The molecule has 1 saturated heterocycles. The van der Waals surface area contributed by atoms with E-state index in [1.165, 1.54) is 12.8 Å². The molecule has 0 radical (unpaired) electrons. The van der Waals surface area contributed by atoms with Gasteiger partial charge in [0.2, 0.25) is 0 Å². The first kappa shape index (κ1) is 20.9. The monoisotopic (exact) mass is 453 g/mol. The maximum Gasteiger partial charge on any atom is 0.169 e. The number of piperazine rings is 1. The molecule has 0 atom stereocenters. The standard InChI is InChI=1S/C26H27N7O/c1-31-8-10-32(11-9-31)26-14-19(6-7-27-26)25(34)15-22-13-20-12-18(2-5-24(20)30-29-22)21-16-28-33(17-21)23-3-4-23/h2,5-7,12-14,16-17,23H,3-4,8-11,15H2,1H3. The molecular formula is C26H27N7O. The number of fused-ring (bicyclic) bond motifs is 1. The number of Topliss-reactive ketones (excluding diaryl/α,β-unsaturated/α-hetero) is 1. The zero-order chi connectivity index (χ0) is 23.1. The van der Waals surface area contributed by atoms with E-state index in [0.29, 0.717) is 17.3 Å². The molecule has 0 unspecified atom stereocenters. The summed E-state index contributed by atoms with van der Waals surface area (Å²) in [5, 5.41) is 14.1. The SMILES string of the molecule is CN1CCN(c2cc(C(=O)Cc3cc4cc(-c5cnn(C6CC6)c5)ccc4nn3)ccn2)CC1. The molecule has 0 amide bonds. The van der Waals surface area contributed by atoms with Crippen LogP contribution in [0.4, 0.5) is 5.82 Å². The molecule has 1 aliphatic heterocycles. The summed E-state index contributed by atoms with van der Waals surface area (Å²) in [4.78, 5) is 22.1. The second-order valence-electron chi connectivity index (χ2n) is 9.34. The van der Waals surface area contributed by atoms with Crippen molar-refractivity contribution in [3.05, 3.63) is 66.2 Å². The molecule has 8 nitrogen and oxygen atoms in total. The van der Waals surface area contributed by atoms with Crippen LogP contribution >= 0.6 is 0 Å². The Morgan fingerprint density at radius 1 is 1.00 bits per heavy atom. The van der Waals surface area contributed by atoms with Crippen molar-refractivity contribution in [1.29, 1.82) is 0 Å². The molecule has 0 spiro atoms. The van der Waals surface area contributed by atoms with Gasteiger partial charge in [0, 0.05) is 55.1 Å². The van der Waals surface area contributed by atoms with Crippen molar-refractivity contribution < 1.29 is 4.79 Å². The fourth-order valence-electron chi connectivity index (χ4n) is 4.45. The third-order valence-corrected chi connectivity index (χ3v) is 6.73. The first-order chi connectivity index (χ1) is 16.6. The van der Waals surface area contributed by atoms with Crippen molar-refractivity contribution in [2.24, 2.45) is 0 Å². The lowest BCUT2D eigenvalue weighted by molar-refractivity contribution is 0.0991. The van der Waals surface area contributed by atoms with E-state index in [4.69, 9.17) is 0 Å². The van der Waals surface area contributed by atoms with E-state index in [1.807, 2.05) is 30.5 Å². The number of carbonyl (C=O) groups is 1. The minimum Gasteiger partial charge on any atom is -0.354 e. The highest BCUT2D eigenvalue weighted by Gasteiger charge is 2.24. The third kappa shape index (κ3) is 4.28. The van der Waals surface area contributed by atoms with Crippen molar-refractivity contribution in [2.75, 3.05) is 38.1 Å². The highest BCUT2D eigenvalue weighted by atomic mass is 16.1. The Bertz CT molecular complexity index is 1350. The summed E-state index contributed by atoms with van der Waals surface area (Å²) in [7, 11) is 2.12. The van der Waals surface area contributed by atoms with Gasteiger partial charge < -0.3 is 9.80 Å². The van der Waals surface area contributed by atoms with Gasteiger partial charge in [-0.25, -0.2) is 4.98 Å². The number of aromatic nitrogens is 5. The van der Waals surface area contributed by atoms with Crippen LogP contribution in [-0.4, -0.2) is 68.9 Å². The van der Waals surface area contributed by atoms with E-state index in [1.54, 1.807) is 12.3 Å². The van der Waals surface area contributed by atoms with E-state index in [9.17, 15) is 4.79 Å². The number of carbonyl (C=O) groups excluding carboxylic acids is 1. The number of hydrogen-bond donors (Lipinski definition) is 0. The van der Waals surface area contributed by atoms with Gasteiger partial charge in [0.25, 0.3) is 0 Å². The van der Waals surface area contributed by atoms with Crippen LogP contribution in [0.25, 0.3) is 22.0 Å². The van der Waals surface area contributed by atoms with E-state index in [-0.39, 0.29) is 12.2 Å². The van der Waals surface area contributed by atoms with Gasteiger partial charge in [0.05, 0.1) is 29.9 Å². The van der Waals surface area contributed by atoms with Gasteiger partial charge in [0.15, 0.2) is 5.78 Å². The lowest BCUT2D eigenvalue weighted by Gasteiger charge is -2.33. The smallest absolute Gasteiger partial charge is 0.169 e. The minimum atomic E-state index is 0.0216. The fourth-order valence-corrected chi connectivity index (χ4v) is 4.45. The summed E-state index contributed by atoms with van der Waals surface area (Å²) in [5.74, 6) is 0.883. The molecule has 2 aliphatic rings. The molecule has 4 heterocycles. The normalized spacial score (nSPS) is 16.8. The van der Waals surface area contributed by atoms with Crippen LogP contribution in [0, 0.1) is 0 Å². The van der Waals surface area contributed by atoms with Crippen LogP contribution in [0.15, 0.2) is 55.0 Å². The Balaban J connectivity index is 1.21. The van der Waals surface area contributed by atoms with Crippen LogP contribution < -0.4 is 4.90 Å². The first-order valence-electron chi connectivity index (χ1n) is 11.9. The summed E-state index contributed by atoms with van der Waals surface area (Å²) < 4.78 is 2.06. The molecule has 172 valence electrons. The summed E-state index contributed by atoms with van der Waals surface area (Å²) in [6.45, 7) is 3.82. The Labute approximate surface area is 198 Å². The number of likely N-dealkylation sites (N-methyl/N-ethyl adjacent to an activating group) is 1. The van der Waals surface area contributed by atoms with Gasteiger partial charge >= 0.3 is 0 Å². The van der Waals surface area contributed by atoms with Crippen molar-refractivity contribution in [2.45, 2.75) is 25.3 Å². The third-order valence-electron chi connectivity index (χ3n) is 6.73. The molecule has 34 heavy (non-hydrogen) atoms. The Morgan fingerprint density at radius 3 is 2.68 bits per heavy atom. The largest absolute Gasteiger partial charge is 0.354 e. The summed E-state index contributed by atoms with van der Waals surface area (Å²) >= 11 is 0. The molecule has 0 bridgehead atoms.